The monoisotopic (exact) mass is 306 g/mol. The summed E-state index contributed by atoms with van der Waals surface area (Å²) in [6.45, 7) is 0.331. The van der Waals surface area contributed by atoms with E-state index in [9.17, 15) is 4.79 Å². The van der Waals surface area contributed by atoms with E-state index in [0.29, 0.717) is 12.3 Å². The molecule has 0 aliphatic carbocycles. The van der Waals surface area contributed by atoms with Crippen LogP contribution in [0, 0.1) is 3.57 Å². The molecule has 0 bridgehead atoms. The summed E-state index contributed by atoms with van der Waals surface area (Å²) in [5.41, 5.74) is 5.23. The summed E-state index contributed by atoms with van der Waals surface area (Å²) in [5, 5.41) is 0. The molecular formula is C10H13INO2-. The first kappa shape index (κ1) is 11.5. The Morgan fingerprint density at radius 1 is 1.43 bits per heavy atom. The van der Waals surface area contributed by atoms with Crippen molar-refractivity contribution in [3.8, 4) is 5.75 Å². The van der Waals surface area contributed by atoms with Gasteiger partial charge in [0.25, 0.3) is 0 Å². The van der Waals surface area contributed by atoms with Gasteiger partial charge in [0, 0.05) is 0 Å². The first-order valence-corrected chi connectivity index (χ1v) is 7.50. The number of benzene rings is 1. The van der Waals surface area contributed by atoms with Crippen molar-refractivity contribution in [3.05, 3.63) is 27.8 Å². The molecule has 0 atom stereocenters. The zero-order chi connectivity index (χ0) is 10.4. The van der Waals surface area contributed by atoms with Gasteiger partial charge in [0.05, 0.1) is 0 Å². The van der Waals surface area contributed by atoms with Gasteiger partial charge in [-0.1, -0.05) is 0 Å². The van der Waals surface area contributed by atoms with E-state index < -0.39 is 0 Å². The minimum atomic E-state index is -0.272. The number of ether oxygens (including phenoxy) is 1. The van der Waals surface area contributed by atoms with Crippen LogP contribution >= 0.6 is 0 Å². The fraction of sp³-hybridized carbons (Fsp3) is 0.300. The third-order valence-corrected chi connectivity index (χ3v) is 3.58. The average Bonchev–Trinajstić information content (AvgIpc) is 2.19. The predicted octanol–water partition coefficient (Wildman–Crippen LogP) is -2.17. The molecule has 0 amide bonds. The van der Waals surface area contributed by atoms with Crippen LogP contribution in [-0.2, 0) is 4.79 Å². The van der Waals surface area contributed by atoms with Gasteiger partial charge in [-0.15, -0.1) is 0 Å². The van der Waals surface area contributed by atoms with E-state index in [4.69, 9.17) is 10.5 Å². The van der Waals surface area contributed by atoms with Gasteiger partial charge in [0.1, 0.15) is 0 Å². The molecule has 0 saturated carbocycles. The van der Waals surface area contributed by atoms with E-state index in [2.05, 4.69) is 4.93 Å². The van der Waals surface area contributed by atoms with Crippen LogP contribution in [0.1, 0.15) is 6.42 Å². The Kier molecular flexibility index (Phi) is 4.89. The summed E-state index contributed by atoms with van der Waals surface area (Å²) in [7, 11) is 0. The molecule has 2 N–H and O–H groups in total. The fourth-order valence-electron chi connectivity index (χ4n) is 0.929. The van der Waals surface area contributed by atoms with Crippen LogP contribution < -0.4 is 31.7 Å². The zero-order valence-electron chi connectivity index (χ0n) is 8.00. The normalized spacial score (nSPS) is 10.1. The number of rotatable bonds is 4. The Balaban J connectivity index is 2.55. The molecule has 3 nitrogen and oxygen atoms in total. The van der Waals surface area contributed by atoms with Crippen molar-refractivity contribution in [1.82, 2.24) is 0 Å². The Morgan fingerprint density at radius 2 is 2.07 bits per heavy atom. The van der Waals surface area contributed by atoms with E-state index in [1.54, 1.807) is 0 Å². The van der Waals surface area contributed by atoms with Crippen LogP contribution in [0.3, 0.4) is 0 Å². The summed E-state index contributed by atoms with van der Waals surface area (Å²) in [5.74, 6) is 0.330. The van der Waals surface area contributed by atoms with E-state index >= 15 is 0 Å². The molecule has 78 valence electrons. The number of hydrogen-bond acceptors (Lipinski definition) is 3. The van der Waals surface area contributed by atoms with Gasteiger partial charge < -0.3 is 0 Å². The molecule has 1 aromatic carbocycles. The Hall–Kier alpha value is -0.620. The summed E-state index contributed by atoms with van der Waals surface area (Å²) >= 11 is 0.108. The molecule has 0 spiro atoms. The Bertz CT molecular complexity index is 297. The fourth-order valence-corrected chi connectivity index (χ4v) is 2.01. The van der Waals surface area contributed by atoms with E-state index in [1.165, 1.54) is 3.57 Å². The second-order valence-corrected chi connectivity index (χ2v) is 4.98. The third-order valence-electron chi connectivity index (χ3n) is 1.61. The molecule has 0 radical (unpaired) electrons. The van der Waals surface area contributed by atoms with Gasteiger partial charge in [0.2, 0.25) is 0 Å². The second kappa shape index (κ2) is 5.98. The van der Waals surface area contributed by atoms with Gasteiger partial charge in [-0.25, -0.2) is 0 Å². The van der Waals surface area contributed by atoms with E-state index in [0.717, 1.165) is 0 Å². The number of alkyl halides is 1. The van der Waals surface area contributed by atoms with Gasteiger partial charge in [-0.3, -0.25) is 0 Å². The van der Waals surface area contributed by atoms with Crippen molar-refractivity contribution >= 4 is 5.97 Å². The molecule has 0 aliphatic heterocycles. The summed E-state index contributed by atoms with van der Waals surface area (Å²) in [6.07, 6.45) is 0.266. The van der Waals surface area contributed by atoms with Crippen molar-refractivity contribution in [2.24, 2.45) is 5.73 Å². The summed E-state index contributed by atoms with van der Waals surface area (Å²) < 4.78 is 6.38. The predicted molar refractivity (Wildman–Crippen MR) is 50.4 cm³/mol. The number of esters is 1. The van der Waals surface area contributed by atoms with Crippen molar-refractivity contribution in [2.45, 2.75) is 6.42 Å². The first-order chi connectivity index (χ1) is 6.76. The molecule has 1 aromatic rings. The topological polar surface area (TPSA) is 52.3 Å². The van der Waals surface area contributed by atoms with Crippen LogP contribution in [0.25, 0.3) is 0 Å². The Labute approximate surface area is 93.9 Å². The van der Waals surface area contributed by atoms with E-state index in [-0.39, 0.29) is 33.6 Å². The molecular weight excluding hydrogens is 293 g/mol. The Morgan fingerprint density at radius 3 is 2.57 bits per heavy atom. The summed E-state index contributed by atoms with van der Waals surface area (Å²) in [6, 6.07) is 7.65. The van der Waals surface area contributed by atoms with Crippen molar-refractivity contribution in [1.29, 1.82) is 0 Å². The van der Waals surface area contributed by atoms with Crippen LogP contribution in [0.15, 0.2) is 24.3 Å². The first-order valence-electron chi connectivity index (χ1n) is 4.26. The van der Waals surface area contributed by atoms with Crippen LogP contribution in [-0.4, -0.2) is 17.4 Å². The summed E-state index contributed by atoms with van der Waals surface area (Å²) in [4.78, 5) is 13.3. The van der Waals surface area contributed by atoms with Crippen molar-refractivity contribution in [2.75, 3.05) is 11.5 Å². The zero-order valence-corrected chi connectivity index (χ0v) is 10.2. The SMILES string of the molecule is C[I-]c1ccc(OC(=O)CCN)cc1. The van der Waals surface area contributed by atoms with Gasteiger partial charge in [-0.05, 0) is 0 Å². The van der Waals surface area contributed by atoms with Crippen molar-refractivity contribution < 1.29 is 30.7 Å². The minimum absolute atomic E-state index is 0.108. The van der Waals surface area contributed by atoms with Crippen LogP contribution in [0.5, 0.6) is 5.75 Å². The molecule has 4 heteroatoms. The van der Waals surface area contributed by atoms with Gasteiger partial charge in [0.15, 0.2) is 0 Å². The molecule has 0 aromatic heterocycles. The molecule has 0 aliphatic rings. The molecule has 0 saturated heterocycles. The van der Waals surface area contributed by atoms with Gasteiger partial charge in [-0.2, -0.15) is 0 Å². The number of nitrogens with two attached hydrogens (primary N) is 1. The number of carbonyl (C=O) groups is 1. The standard InChI is InChI=1S/C10H13INO2/c1-11-8-2-4-9(5-3-8)14-10(13)6-7-12/h2-5H,6-7,12H2,1H3/q-1. The number of carbonyl (C=O) groups excluding carboxylic acids is 1. The molecule has 1 rings (SSSR count). The maximum atomic E-state index is 11.1. The number of hydrogen-bond donors (Lipinski definition) is 1. The third kappa shape index (κ3) is 3.63. The quantitative estimate of drug-likeness (QED) is 0.298. The molecule has 0 fully saturated rings. The van der Waals surface area contributed by atoms with Crippen molar-refractivity contribution in [3.63, 3.8) is 0 Å². The second-order valence-electron chi connectivity index (χ2n) is 2.66. The molecule has 0 unspecified atom stereocenters. The van der Waals surface area contributed by atoms with Crippen LogP contribution in [0.2, 0.25) is 0 Å². The van der Waals surface area contributed by atoms with Gasteiger partial charge >= 0.3 is 93.9 Å². The number of halogens is 1. The van der Waals surface area contributed by atoms with Crippen LogP contribution in [0.4, 0.5) is 0 Å². The maximum absolute atomic E-state index is 11.1. The molecule has 0 heterocycles. The van der Waals surface area contributed by atoms with E-state index in [1.807, 2.05) is 24.3 Å². The molecule has 14 heavy (non-hydrogen) atoms. The average molecular weight is 306 g/mol.